The van der Waals surface area contributed by atoms with Crippen LogP contribution in [0.1, 0.15) is 154 Å². The maximum atomic E-state index is 15.1. The monoisotopic (exact) mass is 2310 g/mol. The first-order valence-corrected chi connectivity index (χ1v) is 47.3. The zero-order valence-corrected chi connectivity index (χ0v) is 84.4. The van der Waals surface area contributed by atoms with Gasteiger partial charge in [-0.3, -0.25) is 42.7 Å². The van der Waals surface area contributed by atoms with Gasteiger partial charge < -0.3 is 35.0 Å². The number of fused-ring (bicyclic) bond motifs is 5. The van der Waals surface area contributed by atoms with E-state index in [1.165, 1.54) is 75.9 Å². The summed E-state index contributed by atoms with van der Waals surface area (Å²) in [5.41, 5.74) is 9.83. The number of primary amides is 1. The van der Waals surface area contributed by atoms with Crippen molar-refractivity contribution in [3.05, 3.63) is 330 Å². The molecule has 0 bridgehead atoms. The fourth-order valence-electron chi connectivity index (χ4n) is 12.9. The molecule has 16 rings (SSSR count). The molecule has 5 N–H and O–H groups in total. The van der Waals surface area contributed by atoms with Crippen molar-refractivity contribution < 1.29 is 79.6 Å². The van der Waals surface area contributed by atoms with Crippen molar-refractivity contribution >= 4 is 266 Å². The Hall–Kier alpha value is -10.7. The molecule has 0 atom stereocenters. The number of carboxylic acids is 1. The molecule has 0 unspecified atom stereocenters. The lowest BCUT2D eigenvalue weighted by atomic mass is 10.0. The van der Waals surface area contributed by atoms with Crippen LogP contribution in [0.4, 0.5) is 26.7 Å². The van der Waals surface area contributed by atoms with Crippen LogP contribution in [0.5, 0.6) is 0 Å². The summed E-state index contributed by atoms with van der Waals surface area (Å²) in [6.07, 6.45) is 10.8. The average molecular weight is 2320 g/mol. The Morgan fingerprint density at radius 3 is 1.29 bits per heavy atom. The normalized spacial score (nSPS) is 10.8. The number of alkyl halides is 3. The smallest absolute Gasteiger partial charge is 0.417 e. The molecule has 0 aliphatic heterocycles. The molecule has 137 heavy (non-hydrogen) atoms. The van der Waals surface area contributed by atoms with E-state index in [-0.39, 0.29) is 83.5 Å². The number of H-pyrrole nitrogens is 2. The number of aromatic nitrogens is 10. The number of ether oxygens (including phenoxy) is 3. The molecule has 6 aromatic carbocycles. The molecule has 720 valence electrons. The highest BCUT2D eigenvalue weighted by Crippen LogP contribution is 2.40. The largest absolute Gasteiger partial charge is 0.478 e. The number of rotatable bonds is 10. The predicted molar refractivity (Wildman–Crippen MR) is 548 cm³/mol. The molecular formula is C96H83Br4Cl9F5N11O12. The van der Waals surface area contributed by atoms with Gasteiger partial charge in [0.15, 0.2) is 0 Å². The first-order chi connectivity index (χ1) is 63.0. The van der Waals surface area contributed by atoms with Gasteiger partial charge in [0, 0.05) is 117 Å². The van der Waals surface area contributed by atoms with Gasteiger partial charge in [0.1, 0.15) is 43.4 Å². The van der Waals surface area contributed by atoms with Crippen molar-refractivity contribution in [2.75, 3.05) is 7.11 Å². The molecule has 0 saturated heterocycles. The van der Waals surface area contributed by atoms with Gasteiger partial charge in [0.25, 0.3) is 23.0 Å². The van der Waals surface area contributed by atoms with Crippen molar-refractivity contribution in [3.8, 4) is 22.3 Å². The molecule has 1 amide bonds. The summed E-state index contributed by atoms with van der Waals surface area (Å²) in [4.78, 5) is 122. The molecule has 0 aliphatic carbocycles. The summed E-state index contributed by atoms with van der Waals surface area (Å²) in [7, 11) is 1.22. The number of amides is 1. The Morgan fingerprint density at radius 2 is 0.869 bits per heavy atom. The van der Waals surface area contributed by atoms with Crippen molar-refractivity contribution in [3.63, 3.8) is 0 Å². The van der Waals surface area contributed by atoms with Crippen molar-refractivity contribution in [1.29, 1.82) is 0 Å². The third-order valence-corrected chi connectivity index (χ3v) is 22.3. The second kappa shape index (κ2) is 50.2. The number of hydrogen-bond donors (Lipinski definition) is 4. The van der Waals surface area contributed by atoms with E-state index in [2.05, 4.69) is 104 Å². The summed E-state index contributed by atoms with van der Waals surface area (Å²) in [5.74, 6) is -4.83. The number of carbonyl (C=O) groups is 8. The highest BCUT2D eigenvalue weighted by Gasteiger charge is 2.36. The summed E-state index contributed by atoms with van der Waals surface area (Å²) in [5, 5.41) is 14.3. The van der Waals surface area contributed by atoms with E-state index < -0.39 is 75.3 Å². The van der Waals surface area contributed by atoms with E-state index in [1.54, 1.807) is 141 Å². The fourth-order valence-corrected chi connectivity index (χ4v) is 16.0. The first-order valence-electron chi connectivity index (χ1n) is 38.6. The van der Waals surface area contributed by atoms with Crippen LogP contribution in [-0.4, -0.2) is 119 Å². The minimum absolute atomic E-state index is 0. The van der Waals surface area contributed by atoms with Gasteiger partial charge in [0.05, 0.1) is 137 Å². The number of carboxylic acid groups (broad SMARTS) is 1. The number of aryl methyl sites for hydroxylation is 3. The standard InChI is InChI=1S/C28H24ClFN2O5.C23H15Cl2FN2O3.C15H9BrCl2N2O.C8H3Cl2F3O.C7H4BrClN2.C7H5ClN2.C5H11NO2.3CH4.Br2/c1-15-6-5-7-21(29)25(15)26(34)32-14-20(18-9-8-16(27(35)36)10-22(18)30)19-11-17(31-13-23(19)32)12-24(33)37-28(2,3)4;1-12-4-3-5-17(24)21(12)22(29)28-11-16(15-9-20(25)27-10-19(15)28)14-7-6-13(8-18(14)26)23(30)31-2;1-8-3-2-4-11(17)14(8)15(21)20-7-10(16)9-5-13(18)19-6-12(9)20;9-5-3-1-2-4(8(11,12)13)6(5)7(10)14;8-5-2-10-6-3-11-7(9)1-4(5)6;8-7-3-5-1-2-9-6(5)4-10-7;1-5(2,3)8-4(6)7;;;;1-2/h5-11,13-14H,12H2,1-4H3,(H,35,36);3-11H,1-2H3;2-7H,1H3;1-3H;1-3,10H;1-4,9H;1-3H3,(H2,6,7);3*1H4;. The van der Waals surface area contributed by atoms with Crippen LogP contribution in [-0.2, 0) is 31.6 Å². The van der Waals surface area contributed by atoms with Crippen LogP contribution < -0.4 is 5.73 Å². The van der Waals surface area contributed by atoms with Gasteiger partial charge in [-0.05, 0) is 213 Å². The number of carbonyl (C=O) groups excluding carboxylic acids is 7. The Morgan fingerprint density at radius 1 is 0.467 bits per heavy atom. The Labute approximate surface area is 860 Å². The zero-order valence-electron chi connectivity index (χ0n) is 71.2. The van der Waals surface area contributed by atoms with Gasteiger partial charge in [-0.15, -0.1) is 0 Å². The van der Waals surface area contributed by atoms with Gasteiger partial charge in [0.2, 0.25) is 0 Å². The van der Waals surface area contributed by atoms with Crippen molar-refractivity contribution in [1.82, 2.24) is 48.6 Å². The Bertz CT molecular complexity index is 7130. The second-order valence-electron chi connectivity index (χ2n) is 30.3. The minimum Gasteiger partial charge on any atom is -0.478 e. The molecule has 41 heteroatoms. The van der Waals surface area contributed by atoms with Crippen molar-refractivity contribution in [2.24, 2.45) is 5.73 Å². The number of halogens is 18. The number of nitrogens with one attached hydrogen (secondary N) is 2. The second-order valence-corrected chi connectivity index (χ2v) is 35.5. The molecule has 0 aliphatic rings. The summed E-state index contributed by atoms with van der Waals surface area (Å²) >= 11 is 64.9. The lowest BCUT2D eigenvalue weighted by Gasteiger charge is -2.19. The number of benzene rings is 6. The van der Waals surface area contributed by atoms with Crippen LogP contribution in [0.15, 0.2) is 217 Å². The van der Waals surface area contributed by atoms with Gasteiger partial charge in [-0.1, -0.05) is 170 Å². The Kier molecular flexibility index (Phi) is 42.2. The molecule has 10 aromatic heterocycles. The summed E-state index contributed by atoms with van der Waals surface area (Å²) in [6.45, 7) is 15.9. The molecule has 23 nitrogen and oxygen atoms in total. The van der Waals surface area contributed by atoms with Gasteiger partial charge in [-0.25, -0.2) is 43.1 Å². The van der Waals surface area contributed by atoms with Gasteiger partial charge in [-0.2, -0.15) is 13.2 Å². The van der Waals surface area contributed by atoms with E-state index in [1.807, 2.05) is 49.6 Å². The number of aromatic carboxylic acids is 1. The molecule has 16 aromatic rings. The minimum atomic E-state index is -4.63. The third kappa shape index (κ3) is 29.7. The maximum absolute atomic E-state index is 15.1. The SMILES string of the molecule is BrBr.C.C.C.CC(C)(C)OC(N)=O.COC(=O)c1ccc(-c2cn(C(=O)c3c(C)cccc3Cl)c3cnc(Cl)cc23)c(F)c1.Cc1cccc(Cl)c1C(=O)n1cc(-c2ccc(C(=O)O)cc2F)c2cc(CC(=O)OC(C)(C)C)ncc21.Cc1cccc(Cl)c1C(=O)n1cc(Br)c2cc(Cl)ncc21.Clc1cc2c(Br)c[nH]c2cn1.Clc1cc2cc[nH]c2cn1.O=C(Cl)c1c(Cl)cccc1C(F)(F)F. The van der Waals surface area contributed by atoms with Crippen LogP contribution in [0.25, 0.3) is 76.8 Å². The zero-order chi connectivity index (χ0) is 99.0. The lowest BCUT2D eigenvalue weighted by Crippen LogP contribution is -2.27. The molecule has 0 saturated carbocycles. The van der Waals surface area contributed by atoms with Crippen LogP contribution in [0.2, 0.25) is 40.7 Å². The van der Waals surface area contributed by atoms with E-state index in [0.717, 1.165) is 66.0 Å². The highest BCUT2D eigenvalue weighted by molar-refractivity contribution is 9.93. The fraction of sp³-hybridized carbons (Fsp3) is 0.177. The number of pyridine rings is 5. The highest BCUT2D eigenvalue weighted by atomic mass is 80.9. The summed E-state index contributed by atoms with van der Waals surface area (Å²) < 4.78 is 87.6. The number of esters is 2. The van der Waals surface area contributed by atoms with E-state index in [9.17, 15) is 61.0 Å². The third-order valence-electron chi connectivity index (χ3n) is 18.7. The van der Waals surface area contributed by atoms with Crippen LogP contribution >= 0.6 is 165 Å². The molecule has 0 fully saturated rings. The van der Waals surface area contributed by atoms with Gasteiger partial charge >= 0.3 is 30.2 Å². The van der Waals surface area contributed by atoms with E-state index in [0.29, 0.717) is 91.9 Å². The van der Waals surface area contributed by atoms with Crippen molar-refractivity contribution in [2.45, 2.75) is 108 Å². The quantitative estimate of drug-likeness (QED) is 0.0325. The first kappa shape index (κ1) is 115. The topological polar surface area (TPSA) is 321 Å². The summed E-state index contributed by atoms with van der Waals surface area (Å²) in [6, 6.07) is 36.7. The predicted octanol–water partition coefficient (Wildman–Crippen LogP) is 30.5. The molecule has 10 heterocycles. The maximum Gasteiger partial charge on any atom is 0.417 e. The Balaban J connectivity index is 0.000000259. The number of aromatic amines is 2. The number of nitrogens with two attached hydrogens (primary N) is 1. The van der Waals surface area contributed by atoms with E-state index in [4.69, 9.17) is 115 Å². The number of hydrogen-bond acceptors (Lipinski definition) is 16. The number of methoxy groups -OCH3 is 1. The van der Waals surface area contributed by atoms with E-state index >= 15 is 4.39 Å². The molecule has 0 radical (unpaired) electrons. The average Bonchev–Trinajstić information content (AvgIpc) is 1.61. The molecular weight excluding hydrogens is 2230 g/mol. The van der Waals surface area contributed by atoms with Crippen LogP contribution in [0, 0.1) is 32.4 Å². The number of nitrogens with zero attached hydrogens (tertiary/aromatic N) is 8. The van der Waals surface area contributed by atoms with Crippen LogP contribution in [0.3, 0.4) is 0 Å². The lowest BCUT2D eigenvalue weighted by molar-refractivity contribution is -0.154. The molecule has 0 spiro atoms.